The summed E-state index contributed by atoms with van der Waals surface area (Å²) in [5.74, 6) is -3.04. The van der Waals surface area contributed by atoms with Crippen molar-refractivity contribution in [3.63, 3.8) is 0 Å². The van der Waals surface area contributed by atoms with E-state index in [0.717, 1.165) is 6.20 Å². The van der Waals surface area contributed by atoms with Crippen LogP contribution in [0.2, 0.25) is 0 Å². The number of nitrogens with zero attached hydrogens (tertiary/aromatic N) is 1. The molecule has 0 aromatic heterocycles. The highest BCUT2D eigenvalue weighted by atomic mass is 16.5. The molecule has 0 unspecified atom stereocenters. The van der Waals surface area contributed by atoms with Crippen molar-refractivity contribution in [2.75, 3.05) is 19.1 Å². The molecule has 0 fully saturated rings. The van der Waals surface area contributed by atoms with Crippen LogP contribution in [0.4, 0.5) is 5.69 Å². The van der Waals surface area contributed by atoms with E-state index in [9.17, 15) is 19.8 Å². The number of aliphatic carboxylic acids is 2. The molecule has 0 radical (unpaired) electrons. The molecule has 0 bridgehead atoms. The molecule has 0 amide bonds. The molecule has 0 spiro atoms. The summed E-state index contributed by atoms with van der Waals surface area (Å²) in [6, 6.07) is 6.69. The Morgan fingerprint density at radius 1 is 1.28 bits per heavy atom. The summed E-state index contributed by atoms with van der Waals surface area (Å²) in [6.45, 7) is 0. The van der Waals surface area contributed by atoms with Gasteiger partial charge in [-0.05, 0) is 12.1 Å². The number of benzene rings is 1. The number of carbonyl (C=O) groups is 2. The first-order valence-electron chi connectivity index (χ1n) is 4.97. The minimum Gasteiger partial charge on any atom is -0.545 e. The van der Waals surface area contributed by atoms with Crippen LogP contribution in [0.3, 0.4) is 0 Å². The topological polar surface area (TPSA) is 92.7 Å². The first-order valence-corrected chi connectivity index (χ1v) is 4.97. The van der Waals surface area contributed by atoms with Crippen molar-refractivity contribution in [1.29, 1.82) is 0 Å². The minimum absolute atomic E-state index is 0.564. The normalized spacial score (nSPS) is 9.44. The summed E-state index contributed by atoms with van der Waals surface area (Å²) in [5.41, 5.74) is -0.366. The van der Waals surface area contributed by atoms with Gasteiger partial charge in [0.1, 0.15) is 5.75 Å². The van der Waals surface area contributed by atoms with E-state index in [4.69, 9.17) is 4.74 Å². The second-order valence-corrected chi connectivity index (χ2v) is 3.43. The summed E-state index contributed by atoms with van der Waals surface area (Å²) in [6.07, 6.45) is 0.916. The van der Waals surface area contributed by atoms with Crippen molar-refractivity contribution < 1.29 is 24.5 Å². The lowest BCUT2D eigenvalue weighted by Gasteiger charge is -2.18. The molecular formula is C12H11NO5-2. The lowest BCUT2D eigenvalue weighted by atomic mass is 10.2. The van der Waals surface area contributed by atoms with Crippen molar-refractivity contribution in [3.8, 4) is 5.75 Å². The molecule has 0 N–H and O–H groups in total. The molecular weight excluding hydrogens is 238 g/mol. The van der Waals surface area contributed by atoms with Gasteiger partial charge >= 0.3 is 0 Å². The predicted octanol–water partition coefficient (Wildman–Crippen LogP) is -1.48. The van der Waals surface area contributed by atoms with Crippen LogP contribution in [-0.4, -0.2) is 26.1 Å². The van der Waals surface area contributed by atoms with Crippen molar-refractivity contribution in [1.82, 2.24) is 0 Å². The first kappa shape index (κ1) is 13.6. The number of carbonyl (C=O) groups excluding carboxylic acids is 2. The fraction of sp³-hybridized carbons (Fsp3) is 0.167. The van der Waals surface area contributed by atoms with Gasteiger partial charge in [0.15, 0.2) is 0 Å². The number of methoxy groups -OCH3 is 1. The lowest BCUT2D eigenvalue weighted by Crippen LogP contribution is -2.37. The largest absolute Gasteiger partial charge is 0.545 e. The number of ether oxygens (including phenoxy) is 1. The zero-order valence-electron chi connectivity index (χ0n) is 9.88. The predicted molar refractivity (Wildman–Crippen MR) is 59.5 cm³/mol. The Kier molecular flexibility index (Phi) is 4.31. The molecule has 0 aliphatic rings. The van der Waals surface area contributed by atoms with Gasteiger partial charge in [-0.2, -0.15) is 0 Å². The summed E-state index contributed by atoms with van der Waals surface area (Å²) in [5, 5.41) is 21.2. The van der Waals surface area contributed by atoms with Crippen molar-refractivity contribution >= 4 is 17.6 Å². The minimum atomic E-state index is -1.80. The van der Waals surface area contributed by atoms with Crippen LogP contribution >= 0.6 is 0 Å². The first-order chi connectivity index (χ1) is 8.45. The SMILES string of the molecule is COc1cccc(N(C)C=C(C(=O)[O-])C(=O)[O-])c1. The van der Waals surface area contributed by atoms with E-state index in [1.807, 2.05) is 0 Å². The highest BCUT2D eigenvalue weighted by Crippen LogP contribution is 2.20. The Balaban J connectivity index is 3.05. The highest BCUT2D eigenvalue weighted by Gasteiger charge is 2.04. The molecule has 1 rings (SSSR count). The molecule has 0 saturated carbocycles. The number of hydrogen-bond acceptors (Lipinski definition) is 6. The van der Waals surface area contributed by atoms with Crippen LogP contribution in [0.25, 0.3) is 0 Å². The fourth-order valence-electron chi connectivity index (χ4n) is 1.29. The van der Waals surface area contributed by atoms with Crippen LogP contribution in [-0.2, 0) is 9.59 Å². The van der Waals surface area contributed by atoms with Gasteiger partial charge in [0.25, 0.3) is 0 Å². The van der Waals surface area contributed by atoms with Crippen LogP contribution in [0.5, 0.6) is 5.75 Å². The molecule has 18 heavy (non-hydrogen) atoms. The Morgan fingerprint density at radius 3 is 2.39 bits per heavy atom. The Morgan fingerprint density at radius 2 is 1.89 bits per heavy atom. The van der Waals surface area contributed by atoms with Crippen molar-refractivity contribution in [2.45, 2.75) is 0 Å². The standard InChI is InChI=1S/C12H13NO5/c1-13(7-10(11(14)15)12(16)17)8-4-3-5-9(6-8)18-2/h3-7H,1-2H3,(H,14,15)(H,16,17)/p-2. The van der Waals surface area contributed by atoms with E-state index in [-0.39, 0.29) is 0 Å². The lowest BCUT2D eigenvalue weighted by molar-refractivity contribution is -0.312. The Labute approximate surface area is 104 Å². The van der Waals surface area contributed by atoms with Gasteiger partial charge in [-0.15, -0.1) is 0 Å². The number of carboxylic acid groups (broad SMARTS) is 2. The third kappa shape index (κ3) is 3.24. The van der Waals surface area contributed by atoms with Crippen molar-refractivity contribution in [3.05, 3.63) is 36.0 Å². The molecule has 1 aromatic rings. The zero-order valence-corrected chi connectivity index (χ0v) is 9.88. The zero-order chi connectivity index (χ0) is 13.7. The van der Waals surface area contributed by atoms with Gasteiger partial charge in [0, 0.05) is 30.6 Å². The summed E-state index contributed by atoms with van der Waals surface area (Å²) < 4.78 is 5.00. The Hall–Kier alpha value is -2.50. The van der Waals surface area contributed by atoms with Crippen LogP contribution in [0, 0.1) is 0 Å². The molecule has 0 saturated heterocycles. The van der Waals surface area contributed by atoms with E-state index < -0.39 is 17.5 Å². The highest BCUT2D eigenvalue weighted by molar-refractivity contribution is 6.10. The maximum absolute atomic E-state index is 10.6. The fourth-order valence-corrected chi connectivity index (χ4v) is 1.29. The number of carboxylic acids is 2. The van der Waals surface area contributed by atoms with E-state index in [1.165, 1.54) is 19.1 Å². The molecule has 6 heteroatoms. The summed E-state index contributed by atoms with van der Waals surface area (Å²) >= 11 is 0. The maximum Gasteiger partial charge on any atom is 0.120 e. The van der Waals surface area contributed by atoms with Crippen molar-refractivity contribution in [2.24, 2.45) is 0 Å². The van der Waals surface area contributed by atoms with E-state index in [2.05, 4.69) is 0 Å². The van der Waals surface area contributed by atoms with Crippen LogP contribution in [0.1, 0.15) is 0 Å². The smallest absolute Gasteiger partial charge is 0.120 e. The quantitative estimate of drug-likeness (QED) is 0.359. The van der Waals surface area contributed by atoms with Crippen LogP contribution in [0.15, 0.2) is 36.0 Å². The number of rotatable bonds is 5. The van der Waals surface area contributed by atoms with Gasteiger partial charge in [0.2, 0.25) is 0 Å². The molecule has 6 nitrogen and oxygen atoms in total. The third-order valence-corrected chi connectivity index (χ3v) is 2.22. The molecule has 0 atom stereocenters. The molecule has 0 aliphatic heterocycles. The van der Waals surface area contributed by atoms with Gasteiger partial charge in [-0.3, -0.25) is 0 Å². The average Bonchev–Trinajstić information content (AvgIpc) is 2.34. The summed E-state index contributed by atoms with van der Waals surface area (Å²) in [7, 11) is 2.99. The maximum atomic E-state index is 10.6. The molecule has 1 aromatic carbocycles. The molecule has 96 valence electrons. The van der Waals surface area contributed by atoms with E-state index in [0.29, 0.717) is 11.4 Å². The van der Waals surface area contributed by atoms with Gasteiger partial charge in [-0.25, -0.2) is 0 Å². The van der Waals surface area contributed by atoms with E-state index in [1.54, 1.807) is 24.3 Å². The van der Waals surface area contributed by atoms with Gasteiger partial charge in [-0.1, -0.05) is 6.07 Å². The molecule has 0 heterocycles. The monoisotopic (exact) mass is 249 g/mol. The second-order valence-electron chi connectivity index (χ2n) is 3.43. The van der Waals surface area contributed by atoms with E-state index >= 15 is 0 Å². The third-order valence-electron chi connectivity index (χ3n) is 2.22. The van der Waals surface area contributed by atoms with Gasteiger partial charge in [0.05, 0.1) is 19.0 Å². The van der Waals surface area contributed by atoms with Gasteiger partial charge < -0.3 is 29.4 Å². The second kappa shape index (κ2) is 5.72. The van der Waals surface area contributed by atoms with Crippen LogP contribution < -0.4 is 19.8 Å². The number of anilines is 1. The molecule has 0 aliphatic carbocycles. The number of hydrogen-bond donors (Lipinski definition) is 0. The Bertz CT molecular complexity index is 479. The average molecular weight is 249 g/mol. The summed E-state index contributed by atoms with van der Waals surface area (Å²) in [4.78, 5) is 22.5.